The molecule has 0 saturated carbocycles. The first kappa shape index (κ1) is 12.0. The van der Waals surface area contributed by atoms with Crippen LogP contribution < -0.4 is 4.74 Å². The summed E-state index contributed by atoms with van der Waals surface area (Å²) in [5.41, 5.74) is 3.17. The molecule has 0 amide bonds. The van der Waals surface area contributed by atoms with Crippen LogP contribution in [0.25, 0.3) is 11.0 Å². The molecule has 0 aliphatic carbocycles. The van der Waals surface area contributed by atoms with Gasteiger partial charge in [0, 0.05) is 24.9 Å². The Labute approximate surface area is 115 Å². The lowest BCUT2D eigenvalue weighted by Crippen LogP contribution is -1.98. The molecule has 0 atom stereocenters. The molecule has 6 heteroatoms. The fraction of sp³-hybridized carbons (Fsp3) is 0.231. The van der Waals surface area contributed by atoms with Crippen molar-refractivity contribution in [2.24, 2.45) is 7.05 Å². The van der Waals surface area contributed by atoms with Crippen molar-refractivity contribution in [3.05, 3.63) is 40.9 Å². The van der Waals surface area contributed by atoms with Gasteiger partial charge in [-0.25, -0.2) is 0 Å². The topological polar surface area (TPSA) is 47.8 Å². The third kappa shape index (κ3) is 2.15. The number of nitrogens with one attached hydrogen (secondary N) is 1. The Kier molecular flexibility index (Phi) is 2.87. The third-order valence-corrected chi connectivity index (χ3v) is 3.40. The van der Waals surface area contributed by atoms with E-state index in [-0.39, 0.29) is 0 Å². The molecule has 0 spiro atoms. The molecule has 1 aromatic carbocycles. The van der Waals surface area contributed by atoms with E-state index in [2.05, 4.69) is 14.6 Å². The number of rotatable bonds is 3. The van der Waals surface area contributed by atoms with Crippen LogP contribution in [0.4, 0.5) is 0 Å². The molecule has 0 aliphatic heterocycles. The Morgan fingerprint density at radius 1 is 1.42 bits per heavy atom. The second-order valence-electron chi connectivity index (χ2n) is 4.42. The second-order valence-corrected chi connectivity index (χ2v) is 4.81. The van der Waals surface area contributed by atoms with Crippen LogP contribution in [-0.2, 0) is 13.6 Å². The van der Waals surface area contributed by atoms with E-state index in [4.69, 9.17) is 17.0 Å². The number of nitrogens with zero attached hydrogens (tertiary/aromatic N) is 3. The molecule has 98 valence electrons. The van der Waals surface area contributed by atoms with E-state index < -0.39 is 0 Å². The van der Waals surface area contributed by atoms with Crippen molar-refractivity contribution in [1.82, 2.24) is 19.3 Å². The summed E-state index contributed by atoms with van der Waals surface area (Å²) in [4.78, 5) is 3.20. The van der Waals surface area contributed by atoms with Crippen LogP contribution in [0.15, 0.2) is 30.6 Å². The van der Waals surface area contributed by atoms with Gasteiger partial charge in [-0.1, -0.05) is 0 Å². The summed E-state index contributed by atoms with van der Waals surface area (Å²) in [5, 5.41) is 4.17. The molecule has 0 radical (unpaired) electrons. The van der Waals surface area contributed by atoms with Gasteiger partial charge in [0.25, 0.3) is 0 Å². The van der Waals surface area contributed by atoms with Gasteiger partial charge in [0.15, 0.2) is 4.77 Å². The third-order valence-electron chi connectivity index (χ3n) is 3.08. The van der Waals surface area contributed by atoms with Crippen LogP contribution in [0, 0.1) is 4.77 Å². The number of H-pyrrole nitrogens is 1. The fourth-order valence-corrected chi connectivity index (χ4v) is 2.44. The quantitative estimate of drug-likeness (QED) is 0.746. The van der Waals surface area contributed by atoms with Crippen LogP contribution in [0.1, 0.15) is 5.56 Å². The van der Waals surface area contributed by atoms with Gasteiger partial charge < -0.3 is 14.3 Å². The van der Waals surface area contributed by atoms with E-state index >= 15 is 0 Å². The summed E-state index contributed by atoms with van der Waals surface area (Å²) in [5.74, 6) is 0.817. The molecule has 3 aromatic rings. The number of hydrogen-bond donors (Lipinski definition) is 1. The normalized spacial score (nSPS) is 11.1. The van der Waals surface area contributed by atoms with Gasteiger partial charge in [-0.05, 0) is 24.4 Å². The van der Waals surface area contributed by atoms with Gasteiger partial charge in [-0.2, -0.15) is 5.10 Å². The van der Waals surface area contributed by atoms with Crippen molar-refractivity contribution in [2.75, 3.05) is 7.11 Å². The molecular weight excluding hydrogens is 260 g/mol. The van der Waals surface area contributed by atoms with Crippen LogP contribution >= 0.6 is 12.2 Å². The summed E-state index contributed by atoms with van der Waals surface area (Å²) in [7, 11) is 3.56. The number of benzene rings is 1. The van der Waals surface area contributed by atoms with Crippen LogP contribution in [0.5, 0.6) is 5.75 Å². The molecule has 0 fully saturated rings. The van der Waals surface area contributed by atoms with E-state index in [1.54, 1.807) is 11.8 Å². The largest absolute Gasteiger partial charge is 0.497 e. The minimum atomic E-state index is 0.701. The number of aryl methyl sites for hydroxylation is 1. The number of hydrogen-bond acceptors (Lipinski definition) is 3. The van der Waals surface area contributed by atoms with E-state index in [0.29, 0.717) is 11.3 Å². The molecule has 1 N–H and O–H groups in total. The Balaban J connectivity index is 2.08. The summed E-state index contributed by atoms with van der Waals surface area (Å²) < 4.78 is 9.76. The standard InChI is InChI=1S/C13H14N4OS/c1-16-7-9(6-14-16)8-17-12-4-3-10(18-2)5-11(12)15-13(17)19/h3-7H,8H2,1-2H3,(H,15,19). The average molecular weight is 274 g/mol. The van der Waals surface area contributed by atoms with Gasteiger partial charge in [0.1, 0.15) is 5.75 Å². The summed E-state index contributed by atoms with van der Waals surface area (Å²) in [6.45, 7) is 0.707. The molecule has 0 aliphatic rings. The van der Waals surface area contributed by atoms with E-state index in [0.717, 1.165) is 22.3 Å². The Morgan fingerprint density at radius 2 is 2.26 bits per heavy atom. The van der Waals surface area contributed by atoms with Crippen LogP contribution in [0.2, 0.25) is 0 Å². The maximum absolute atomic E-state index is 5.38. The van der Waals surface area contributed by atoms with Gasteiger partial charge in [-0.15, -0.1) is 0 Å². The zero-order valence-corrected chi connectivity index (χ0v) is 11.6. The first-order chi connectivity index (χ1) is 9.17. The van der Waals surface area contributed by atoms with E-state index in [1.807, 2.05) is 37.6 Å². The number of imidazole rings is 1. The van der Waals surface area contributed by atoms with Crippen molar-refractivity contribution < 1.29 is 4.74 Å². The molecule has 5 nitrogen and oxygen atoms in total. The molecule has 2 aromatic heterocycles. The number of aromatic amines is 1. The van der Waals surface area contributed by atoms with Crippen molar-refractivity contribution in [1.29, 1.82) is 0 Å². The van der Waals surface area contributed by atoms with Gasteiger partial charge in [0.05, 0.1) is 30.9 Å². The summed E-state index contributed by atoms with van der Waals surface area (Å²) >= 11 is 5.38. The first-order valence-corrected chi connectivity index (χ1v) is 6.32. The maximum atomic E-state index is 5.38. The lowest BCUT2D eigenvalue weighted by atomic mass is 10.3. The highest BCUT2D eigenvalue weighted by atomic mass is 32.1. The average Bonchev–Trinajstić information content (AvgIpc) is 2.94. The fourth-order valence-electron chi connectivity index (χ4n) is 2.16. The minimum Gasteiger partial charge on any atom is -0.497 e. The van der Waals surface area contributed by atoms with E-state index in [1.165, 1.54) is 0 Å². The Morgan fingerprint density at radius 3 is 2.95 bits per heavy atom. The lowest BCUT2D eigenvalue weighted by Gasteiger charge is -2.03. The number of fused-ring (bicyclic) bond motifs is 1. The predicted molar refractivity (Wildman–Crippen MR) is 76.0 cm³/mol. The summed E-state index contributed by atoms with van der Waals surface area (Å²) in [6.07, 6.45) is 3.84. The Hall–Kier alpha value is -2.08. The molecule has 19 heavy (non-hydrogen) atoms. The monoisotopic (exact) mass is 274 g/mol. The number of aromatic nitrogens is 4. The first-order valence-electron chi connectivity index (χ1n) is 5.91. The van der Waals surface area contributed by atoms with Gasteiger partial charge in [0.2, 0.25) is 0 Å². The van der Waals surface area contributed by atoms with E-state index in [9.17, 15) is 0 Å². The van der Waals surface area contributed by atoms with Gasteiger partial charge in [-0.3, -0.25) is 4.68 Å². The van der Waals surface area contributed by atoms with Crippen molar-refractivity contribution in [3.63, 3.8) is 0 Å². The minimum absolute atomic E-state index is 0.701. The predicted octanol–water partition coefficient (Wildman–Crippen LogP) is 2.49. The molecule has 0 unspecified atom stereocenters. The summed E-state index contributed by atoms with van der Waals surface area (Å²) in [6, 6.07) is 5.90. The SMILES string of the molecule is COc1ccc2c(c1)[nH]c(=S)n2Cc1cnn(C)c1. The highest BCUT2D eigenvalue weighted by Crippen LogP contribution is 2.21. The maximum Gasteiger partial charge on any atom is 0.178 e. The Bertz CT molecular complexity index is 783. The molecule has 2 heterocycles. The molecule has 0 bridgehead atoms. The van der Waals surface area contributed by atoms with Crippen molar-refractivity contribution in [2.45, 2.75) is 6.54 Å². The van der Waals surface area contributed by atoms with Crippen molar-refractivity contribution in [3.8, 4) is 5.75 Å². The van der Waals surface area contributed by atoms with Gasteiger partial charge >= 0.3 is 0 Å². The highest BCUT2D eigenvalue weighted by molar-refractivity contribution is 7.71. The lowest BCUT2D eigenvalue weighted by molar-refractivity contribution is 0.415. The number of ether oxygens (including phenoxy) is 1. The zero-order chi connectivity index (χ0) is 13.4. The second kappa shape index (κ2) is 4.55. The molecule has 0 saturated heterocycles. The highest BCUT2D eigenvalue weighted by Gasteiger charge is 2.07. The van der Waals surface area contributed by atoms with Crippen LogP contribution in [-0.4, -0.2) is 26.4 Å². The van der Waals surface area contributed by atoms with Crippen molar-refractivity contribution >= 4 is 23.3 Å². The van der Waals surface area contributed by atoms with Crippen LogP contribution in [0.3, 0.4) is 0 Å². The molecule has 3 rings (SSSR count). The smallest absolute Gasteiger partial charge is 0.178 e. The zero-order valence-electron chi connectivity index (χ0n) is 10.8. The molecular formula is C13H14N4OS. The number of methoxy groups -OCH3 is 1.